The van der Waals surface area contributed by atoms with Gasteiger partial charge in [-0.05, 0) is 37.5 Å². The van der Waals surface area contributed by atoms with Crippen LogP contribution < -0.4 is 5.73 Å². The van der Waals surface area contributed by atoms with Gasteiger partial charge in [-0.2, -0.15) is 4.98 Å². The molecule has 0 atom stereocenters. The second kappa shape index (κ2) is 4.68. The van der Waals surface area contributed by atoms with Crippen molar-refractivity contribution in [1.29, 1.82) is 0 Å². The van der Waals surface area contributed by atoms with Crippen molar-refractivity contribution in [3.05, 3.63) is 34.4 Å². The minimum absolute atomic E-state index is 0.202. The number of nitrogens with two attached hydrogens (primary N) is 1. The van der Waals surface area contributed by atoms with Crippen LogP contribution in [0.2, 0.25) is 0 Å². The van der Waals surface area contributed by atoms with E-state index in [2.05, 4.69) is 26.1 Å². The van der Waals surface area contributed by atoms with E-state index < -0.39 is 0 Å². The fourth-order valence-corrected chi connectivity index (χ4v) is 2.70. The maximum Gasteiger partial charge on any atom is 0.228 e. The zero-order chi connectivity index (χ0) is 13.5. The van der Waals surface area contributed by atoms with Gasteiger partial charge in [0.1, 0.15) is 5.82 Å². The first-order valence-electron chi connectivity index (χ1n) is 6.12. The third-order valence-corrected chi connectivity index (χ3v) is 3.90. The van der Waals surface area contributed by atoms with Gasteiger partial charge in [0.15, 0.2) is 0 Å². The molecule has 1 aliphatic carbocycles. The van der Waals surface area contributed by atoms with Gasteiger partial charge < -0.3 is 10.3 Å². The van der Waals surface area contributed by atoms with Crippen LogP contribution in [-0.4, -0.2) is 15.7 Å². The number of halogens is 2. The summed E-state index contributed by atoms with van der Waals surface area (Å²) in [4.78, 5) is 4.28. The summed E-state index contributed by atoms with van der Waals surface area (Å²) in [5.74, 6) is 0.556. The summed E-state index contributed by atoms with van der Waals surface area (Å²) in [5.41, 5.74) is 6.52. The van der Waals surface area contributed by atoms with Crippen LogP contribution in [0.3, 0.4) is 0 Å². The first kappa shape index (κ1) is 12.7. The lowest BCUT2D eigenvalue weighted by molar-refractivity contribution is 0.222. The van der Waals surface area contributed by atoms with E-state index in [0.29, 0.717) is 28.2 Å². The molecule has 1 aromatic carbocycles. The van der Waals surface area contributed by atoms with Crippen molar-refractivity contribution in [3.8, 4) is 11.4 Å². The van der Waals surface area contributed by atoms with Crippen molar-refractivity contribution in [2.24, 2.45) is 5.73 Å². The largest absolute Gasteiger partial charge is 0.339 e. The van der Waals surface area contributed by atoms with Crippen LogP contribution in [0.15, 0.2) is 27.2 Å². The summed E-state index contributed by atoms with van der Waals surface area (Å²) < 4.78 is 19.2. The fourth-order valence-electron chi connectivity index (χ4n) is 2.24. The molecule has 0 radical (unpaired) electrons. The zero-order valence-corrected chi connectivity index (χ0v) is 11.8. The van der Waals surface area contributed by atoms with E-state index in [9.17, 15) is 4.39 Å². The second-order valence-electron chi connectivity index (χ2n) is 5.06. The molecule has 3 rings (SSSR count). The monoisotopic (exact) mass is 325 g/mol. The molecule has 0 saturated heterocycles. The number of aromatic nitrogens is 2. The third kappa shape index (κ3) is 2.69. The molecule has 1 aromatic heterocycles. The predicted octanol–water partition coefficient (Wildman–Crippen LogP) is 3.06. The smallest absolute Gasteiger partial charge is 0.228 e. The van der Waals surface area contributed by atoms with Gasteiger partial charge in [0.25, 0.3) is 0 Å². The second-order valence-corrected chi connectivity index (χ2v) is 5.98. The maximum atomic E-state index is 13.3. The molecule has 0 unspecified atom stereocenters. The number of benzene rings is 1. The molecule has 2 aromatic rings. The Morgan fingerprint density at radius 1 is 1.37 bits per heavy atom. The van der Waals surface area contributed by atoms with E-state index >= 15 is 0 Å². The minimum Gasteiger partial charge on any atom is -0.339 e. The lowest BCUT2D eigenvalue weighted by Gasteiger charge is -2.36. The Morgan fingerprint density at radius 2 is 2.16 bits per heavy atom. The molecule has 0 amide bonds. The first-order chi connectivity index (χ1) is 9.04. The quantitative estimate of drug-likeness (QED) is 0.941. The van der Waals surface area contributed by atoms with Gasteiger partial charge in [0.05, 0.1) is 0 Å². The van der Waals surface area contributed by atoms with Gasteiger partial charge in [-0.1, -0.05) is 21.1 Å². The molecule has 1 heterocycles. The van der Waals surface area contributed by atoms with Gasteiger partial charge in [-0.25, -0.2) is 4.39 Å². The van der Waals surface area contributed by atoms with Crippen LogP contribution in [0.1, 0.15) is 25.2 Å². The van der Waals surface area contributed by atoms with Crippen LogP contribution >= 0.6 is 15.9 Å². The molecule has 0 spiro atoms. The molecule has 1 fully saturated rings. The first-order valence-corrected chi connectivity index (χ1v) is 6.91. The van der Waals surface area contributed by atoms with Crippen molar-refractivity contribution < 1.29 is 8.91 Å². The molecule has 6 heteroatoms. The third-order valence-electron chi connectivity index (χ3n) is 3.44. The lowest BCUT2D eigenvalue weighted by Crippen LogP contribution is -2.48. The molecule has 1 aliphatic rings. The Labute approximate surface area is 118 Å². The summed E-state index contributed by atoms with van der Waals surface area (Å²) >= 11 is 3.24. The van der Waals surface area contributed by atoms with Crippen molar-refractivity contribution in [2.75, 3.05) is 0 Å². The number of hydrogen-bond donors (Lipinski definition) is 1. The summed E-state index contributed by atoms with van der Waals surface area (Å²) in [6.07, 6.45) is 3.69. The predicted molar refractivity (Wildman–Crippen MR) is 71.9 cm³/mol. The van der Waals surface area contributed by atoms with E-state index in [1.807, 2.05) is 0 Å². The van der Waals surface area contributed by atoms with E-state index in [1.54, 1.807) is 6.07 Å². The normalized spacial score (nSPS) is 17.2. The SMILES string of the molecule is NC1(Cc2nc(-c3cc(F)cc(Br)c3)no2)CCC1. The number of hydrogen-bond acceptors (Lipinski definition) is 4. The molecule has 2 N–H and O–H groups in total. The highest BCUT2D eigenvalue weighted by Crippen LogP contribution is 2.32. The van der Waals surface area contributed by atoms with Crippen LogP contribution in [0.25, 0.3) is 11.4 Å². The molecule has 1 saturated carbocycles. The van der Waals surface area contributed by atoms with Crippen molar-refractivity contribution in [1.82, 2.24) is 10.1 Å². The van der Waals surface area contributed by atoms with Gasteiger partial charge in [0.2, 0.25) is 11.7 Å². The van der Waals surface area contributed by atoms with Crippen LogP contribution in [0.5, 0.6) is 0 Å². The van der Waals surface area contributed by atoms with E-state index in [4.69, 9.17) is 10.3 Å². The average Bonchev–Trinajstić information content (AvgIpc) is 2.74. The van der Waals surface area contributed by atoms with Crippen LogP contribution in [0, 0.1) is 5.82 Å². The highest BCUT2D eigenvalue weighted by Gasteiger charge is 2.34. The zero-order valence-electron chi connectivity index (χ0n) is 10.2. The van der Waals surface area contributed by atoms with Crippen molar-refractivity contribution in [2.45, 2.75) is 31.2 Å². The minimum atomic E-state index is -0.343. The molecular formula is C13H13BrFN3O. The molecule has 0 aliphatic heterocycles. The summed E-state index contributed by atoms with van der Waals surface area (Å²) in [6.45, 7) is 0. The Balaban J connectivity index is 1.84. The summed E-state index contributed by atoms with van der Waals surface area (Å²) in [7, 11) is 0. The van der Waals surface area contributed by atoms with Gasteiger partial charge >= 0.3 is 0 Å². The maximum absolute atomic E-state index is 13.3. The summed E-state index contributed by atoms with van der Waals surface area (Å²) in [5, 5.41) is 3.88. The van der Waals surface area contributed by atoms with Crippen molar-refractivity contribution in [3.63, 3.8) is 0 Å². The average molecular weight is 326 g/mol. The van der Waals surface area contributed by atoms with E-state index in [0.717, 1.165) is 19.3 Å². The summed E-state index contributed by atoms with van der Waals surface area (Å²) in [6, 6.07) is 4.51. The number of rotatable bonds is 3. The van der Waals surface area contributed by atoms with E-state index in [-0.39, 0.29) is 11.4 Å². The Bertz CT molecular complexity index is 589. The Kier molecular flexibility index (Phi) is 3.14. The van der Waals surface area contributed by atoms with Gasteiger partial charge in [0, 0.05) is 22.0 Å². The molecule has 4 nitrogen and oxygen atoms in total. The van der Waals surface area contributed by atoms with Gasteiger partial charge in [-0.15, -0.1) is 0 Å². The van der Waals surface area contributed by atoms with Crippen LogP contribution in [0.4, 0.5) is 4.39 Å². The number of nitrogens with zero attached hydrogens (tertiary/aromatic N) is 2. The lowest BCUT2D eigenvalue weighted by atomic mass is 9.75. The van der Waals surface area contributed by atoms with Gasteiger partial charge in [-0.3, -0.25) is 0 Å². The molecule has 19 heavy (non-hydrogen) atoms. The highest BCUT2D eigenvalue weighted by atomic mass is 79.9. The van der Waals surface area contributed by atoms with Crippen molar-refractivity contribution >= 4 is 15.9 Å². The molecular weight excluding hydrogens is 313 g/mol. The standard InChI is InChI=1S/C13H13BrFN3O/c14-9-4-8(5-10(15)6-9)12-17-11(19-18-12)7-13(16)2-1-3-13/h4-6H,1-3,7,16H2. The Hall–Kier alpha value is -1.27. The van der Waals surface area contributed by atoms with E-state index in [1.165, 1.54) is 12.1 Å². The molecule has 100 valence electrons. The fraction of sp³-hybridized carbons (Fsp3) is 0.385. The van der Waals surface area contributed by atoms with Crippen LogP contribution in [-0.2, 0) is 6.42 Å². The molecule has 0 bridgehead atoms. The highest BCUT2D eigenvalue weighted by molar-refractivity contribution is 9.10. The topological polar surface area (TPSA) is 64.9 Å². The Morgan fingerprint density at radius 3 is 2.79 bits per heavy atom.